The van der Waals surface area contributed by atoms with Gasteiger partial charge in [0.25, 0.3) is 0 Å². The molecule has 0 saturated heterocycles. The molecule has 0 spiro atoms. The Hall–Kier alpha value is -1.36. The first-order valence-corrected chi connectivity index (χ1v) is 6.50. The van der Waals surface area contributed by atoms with E-state index in [4.69, 9.17) is 4.74 Å². The minimum atomic E-state index is -0.295. The molecule has 0 fully saturated rings. The second-order valence-corrected chi connectivity index (χ2v) is 4.81. The third-order valence-corrected chi connectivity index (χ3v) is 3.17. The first-order valence-electron chi connectivity index (χ1n) is 5.71. The summed E-state index contributed by atoms with van der Waals surface area (Å²) < 4.78 is 21.0. The van der Waals surface area contributed by atoms with E-state index in [0.29, 0.717) is 16.8 Å². The summed E-state index contributed by atoms with van der Waals surface area (Å²) in [6, 6.07) is 6.60. The van der Waals surface area contributed by atoms with Gasteiger partial charge in [0.15, 0.2) is 0 Å². The molecule has 0 aliphatic carbocycles. The molecule has 0 amide bonds. The minimum Gasteiger partial charge on any atom is -0.487 e. The maximum absolute atomic E-state index is 13.1. The van der Waals surface area contributed by atoms with Crippen molar-refractivity contribution in [1.82, 2.24) is 9.78 Å². The average molecular weight is 313 g/mol. The summed E-state index contributed by atoms with van der Waals surface area (Å²) in [5, 5.41) is 4.34. The Balaban J connectivity index is 2.08. The maximum Gasteiger partial charge on any atom is 0.137 e. The van der Waals surface area contributed by atoms with E-state index in [2.05, 4.69) is 21.0 Å². The lowest BCUT2D eigenvalue weighted by Crippen LogP contribution is -2.06. The number of aromatic nitrogens is 2. The van der Waals surface area contributed by atoms with Gasteiger partial charge in [-0.05, 0) is 54.0 Å². The average Bonchev–Trinajstić information content (AvgIpc) is 2.71. The number of benzene rings is 1. The van der Waals surface area contributed by atoms with Crippen molar-refractivity contribution in [1.29, 1.82) is 0 Å². The third kappa shape index (κ3) is 2.90. The van der Waals surface area contributed by atoms with Crippen molar-refractivity contribution in [3.8, 4) is 5.75 Å². The van der Waals surface area contributed by atoms with Crippen LogP contribution in [-0.4, -0.2) is 9.78 Å². The van der Waals surface area contributed by atoms with Crippen molar-refractivity contribution >= 4 is 15.9 Å². The Kier molecular flexibility index (Phi) is 4.01. The Labute approximate surface area is 114 Å². The summed E-state index contributed by atoms with van der Waals surface area (Å²) in [5.74, 6) is 0.335. The van der Waals surface area contributed by atoms with Gasteiger partial charge in [-0.15, -0.1) is 0 Å². The molecule has 0 unspecified atom stereocenters. The molecule has 5 heteroatoms. The summed E-state index contributed by atoms with van der Waals surface area (Å²) in [7, 11) is 0. The number of rotatable bonds is 4. The molecule has 0 atom stereocenters. The summed E-state index contributed by atoms with van der Waals surface area (Å²) in [6.45, 7) is 5.21. The number of ether oxygens (including phenoxy) is 1. The van der Waals surface area contributed by atoms with E-state index in [-0.39, 0.29) is 5.82 Å². The predicted molar refractivity (Wildman–Crippen MR) is 71.1 cm³/mol. The molecule has 18 heavy (non-hydrogen) atoms. The van der Waals surface area contributed by atoms with Crippen LogP contribution in [-0.2, 0) is 13.2 Å². The highest BCUT2D eigenvalue weighted by Crippen LogP contribution is 2.22. The first-order chi connectivity index (χ1) is 8.60. The number of nitrogens with zero attached hydrogens (tertiary/aromatic N) is 2. The normalized spacial score (nSPS) is 10.7. The van der Waals surface area contributed by atoms with E-state index in [0.717, 1.165) is 17.9 Å². The fourth-order valence-electron chi connectivity index (χ4n) is 1.71. The molecule has 0 saturated carbocycles. The van der Waals surface area contributed by atoms with Crippen LogP contribution in [0, 0.1) is 12.7 Å². The monoisotopic (exact) mass is 312 g/mol. The number of halogens is 2. The highest BCUT2D eigenvalue weighted by atomic mass is 79.9. The molecular weight excluding hydrogens is 299 g/mol. The van der Waals surface area contributed by atoms with Gasteiger partial charge in [-0.3, -0.25) is 4.68 Å². The molecule has 0 N–H and O–H groups in total. The Bertz CT molecular complexity index is 554. The number of aryl methyl sites for hydroxylation is 2. The predicted octanol–water partition coefficient (Wildman–Crippen LogP) is 3.69. The van der Waals surface area contributed by atoms with Crippen LogP contribution in [0.1, 0.15) is 18.3 Å². The van der Waals surface area contributed by atoms with Gasteiger partial charge in [0.2, 0.25) is 0 Å². The fourth-order valence-corrected chi connectivity index (χ4v) is 2.07. The van der Waals surface area contributed by atoms with Gasteiger partial charge in [0.1, 0.15) is 18.2 Å². The van der Waals surface area contributed by atoms with Crippen LogP contribution in [0.15, 0.2) is 28.7 Å². The molecule has 0 aliphatic rings. The van der Waals surface area contributed by atoms with E-state index in [1.807, 2.05) is 24.6 Å². The smallest absolute Gasteiger partial charge is 0.137 e. The molecule has 2 aromatic rings. The molecule has 96 valence electrons. The summed E-state index contributed by atoms with van der Waals surface area (Å²) in [6.07, 6.45) is 0. The lowest BCUT2D eigenvalue weighted by Gasteiger charge is -2.08. The zero-order valence-electron chi connectivity index (χ0n) is 10.3. The summed E-state index contributed by atoms with van der Waals surface area (Å²) in [5.41, 5.74) is 1.98. The lowest BCUT2D eigenvalue weighted by molar-refractivity contribution is 0.292. The van der Waals surface area contributed by atoms with Gasteiger partial charge < -0.3 is 4.74 Å². The molecule has 0 aliphatic heterocycles. The Morgan fingerprint density at radius 3 is 2.83 bits per heavy atom. The topological polar surface area (TPSA) is 27.1 Å². The van der Waals surface area contributed by atoms with E-state index in [1.165, 1.54) is 6.07 Å². The SMILES string of the molecule is CCn1nc(C)cc1COc1ccc(F)c(Br)c1. The zero-order valence-corrected chi connectivity index (χ0v) is 11.9. The molecule has 2 rings (SSSR count). The van der Waals surface area contributed by atoms with Gasteiger partial charge in [0, 0.05) is 6.54 Å². The highest BCUT2D eigenvalue weighted by molar-refractivity contribution is 9.10. The van der Waals surface area contributed by atoms with E-state index >= 15 is 0 Å². The summed E-state index contributed by atoms with van der Waals surface area (Å²) in [4.78, 5) is 0. The summed E-state index contributed by atoms with van der Waals surface area (Å²) >= 11 is 3.13. The van der Waals surface area contributed by atoms with Crippen LogP contribution < -0.4 is 4.74 Å². The minimum absolute atomic E-state index is 0.295. The van der Waals surface area contributed by atoms with Crippen molar-refractivity contribution in [3.63, 3.8) is 0 Å². The quantitative estimate of drug-likeness (QED) is 0.861. The Morgan fingerprint density at radius 1 is 1.39 bits per heavy atom. The highest BCUT2D eigenvalue weighted by Gasteiger charge is 2.06. The van der Waals surface area contributed by atoms with Gasteiger partial charge in [0.05, 0.1) is 15.9 Å². The zero-order chi connectivity index (χ0) is 13.1. The number of hydrogen-bond acceptors (Lipinski definition) is 2. The molecule has 0 radical (unpaired) electrons. The third-order valence-electron chi connectivity index (χ3n) is 2.56. The Morgan fingerprint density at radius 2 is 2.17 bits per heavy atom. The van der Waals surface area contributed by atoms with Gasteiger partial charge >= 0.3 is 0 Å². The maximum atomic E-state index is 13.1. The molecule has 1 aromatic carbocycles. The molecule has 0 bridgehead atoms. The van der Waals surface area contributed by atoms with Gasteiger partial charge in [-0.1, -0.05) is 0 Å². The van der Waals surface area contributed by atoms with E-state index in [9.17, 15) is 4.39 Å². The standard InChI is InChI=1S/C13H14BrFN2O/c1-3-17-10(6-9(2)16-17)8-18-11-4-5-13(15)12(14)7-11/h4-7H,3,8H2,1-2H3. The molecular formula is C13H14BrFN2O. The van der Waals surface area contributed by atoms with Crippen molar-refractivity contribution in [3.05, 3.63) is 45.9 Å². The van der Waals surface area contributed by atoms with E-state index < -0.39 is 0 Å². The first kappa shape index (κ1) is 13.1. The van der Waals surface area contributed by atoms with Crippen LogP contribution in [0.2, 0.25) is 0 Å². The van der Waals surface area contributed by atoms with Crippen LogP contribution in [0.4, 0.5) is 4.39 Å². The van der Waals surface area contributed by atoms with Crippen molar-refractivity contribution < 1.29 is 9.13 Å². The van der Waals surface area contributed by atoms with Crippen LogP contribution in [0.5, 0.6) is 5.75 Å². The number of hydrogen-bond donors (Lipinski definition) is 0. The fraction of sp³-hybridized carbons (Fsp3) is 0.308. The van der Waals surface area contributed by atoms with E-state index in [1.54, 1.807) is 12.1 Å². The van der Waals surface area contributed by atoms with Crippen molar-refractivity contribution in [2.75, 3.05) is 0 Å². The van der Waals surface area contributed by atoms with Crippen LogP contribution in [0.3, 0.4) is 0 Å². The molecule has 1 aromatic heterocycles. The van der Waals surface area contributed by atoms with Crippen LogP contribution in [0.25, 0.3) is 0 Å². The molecule has 3 nitrogen and oxygen atoms in total. The second-order valence-electron chi connectivity index (χ2n) is 3.96. The van der Waals surface area contributed by atoms with Gasteiger partial charge in [-0.25, -0.2) is 4.39 Å². The molecule has 1 heterocycles. The van der Waals surface area contributed by atoms with Crippen molar-refractivity contribution in [2.24, 2.45) is 0 Å². The lowest BCUT2D eigenvalue weighted by atomic mass is 10.3. The van der Waals surface area contributed by atoms with Gasteiger partial charge in [-0.2, -0.15) is 5.10 Å². The van der Waals surface area contributed by atoms with Crippen molar-refractivity contribution in [2.45, 2.75) is 27.0 Å². The van der Waals surface area contributed by atoms with Crippen LogP contribution >= 0.6 is 15.9 Å². The largest absolute Gasteiger partial charge is 0.487 e. The second kappa shape index (κ2) is 5.52.